The van der Waals surface area contributed by atoms with Crippen LogP contribution in [0.5, 0.6) is 0 Å². The second-order valence-electron chi connectivity index (χ2n) is 5.55. The van der Waals surface area contributed by atoms with Gasteiger partial charge in [0, 0.05) is 0 Å². The molecule has 4 nitrogen and oxygen atoms in total. The summed E-state index contributed by atoms with van der Waals surface area (Å²) in [6.07, 6.45) is 9.11. The zero-order valence-electron chi connectivity index (χ0n) is 15.4. The molecule has 0 saturated carbocycles. The predicted molar refractivity (Wildman–Crippen MR) is 109 cm³/mol. The van der Waals surface area contributed by atoms with Crippen molar-refractivity contribution in [1.29, 1.82) is 0 Å². The molecule has 0 spiro atoms. The Labute approximate surface area is 161 Å². The van der Waals surface area contributed by atoms with Crippen LogP contribution in [0.1, 0.15) is 79.1 Å². The molecule has 0 atom stereocenters. The number of hydrogen-bond acceptors (Lipinski definition) is 4. The molecule has 0 radical (unpaired) electrons. The third kappa shape index (κ3) is 23.6. The number of unbranched alkanes of at least 4 members (excludes halogenated alkanes) is 4. The molecular weight excluding hydrogens is 533 g/mol. The first-order chi connectivity index (χ1) is 10.9. The topological polar surface area (TPSA) is 58.6 Å². The number of halogens is 1. The van der Waals surface area contributed by atoms with Crippen molar-refractivity contribution < 1.29 is 18.5 Å². The zero-order chi connectivity index (χ0) is 18.0. The van der Waals surface area contributed by atoms with Crippen LogP contribution in [0.25, 0.3) is 0 Å². The molecule has 140 valence electrons. The molecule has 0 aliphatic carbocycles. The second kappa shape index (κ2) is 20.0. The summed E-state index contributed by atoms with van der Waals surface area (Å²) >= 11 is 2.01. The van der Waals surface area contributed by atoms with Gasteiger partial charge in [-0.1, -0.05) is 26.7 Å². The number of hydrogen-bond donors (Lipinski definition) is 0. The maximum absolute atomic E-state index is 11.0. The maximum atomic E-state index is 11.0. The molecule has 23 heavy (non-hydrogen) atoms. The van der Waals surface area contributed by atoms with E-state index in [1.54, 1.807) is 8.87 Å². The van der Waals surface area contributed by atoms with E-state index < -0.39 is 23.6 Å². The number of phosphoric ester groups is 1. The van der Waals surface area contributed by atoms with Gasteiger partial charge in [0.25, 0.3) is 7.82 Å². The van der Waals surface area contributed by atoms with Crippen LogP contribution in [0, 0.1) is 0 Å². The van der Waals surface area contributed by atoms with Crippen LogP contribution in [-0.2, 0) is 13.6 Å². The summed E-state index contributed by atoms with van der Waals surface area (Å²) < 4.78 is 23.4. The third-order valence-electron chi connectivity index (χ3n) is 3.10. The Hall–Kier alpha value is 1.64. The molecule has 0 aliphatic heterocycles. The van der Waals surface area contributed by atoms with Gasteiger partial charge < -0.3 is 13.9 Å². The average Bonchev–Trinajstić information content (AvgIpc) is 2.51. The van der Waals surface area contributed by atoms with Gasteiger partial charge in [-0.25, -0.2) is 0 Å². The minimum atomic E-state index is -4.00. The Bertz CT molecular complexity index is 261. The van der Waals surface area contributed by atoms with Gasteiger partial charge >= 0.3 is 82.8 Å². The molecule has 0 saturated heterocycles. The Morgan fingerprint density at radius 1 is 0.826 bits per heavy atom. The van der Waals surface area contributed by atoms with Crippen LogP contribution >= 0.6 is 26.5 Å². The molecule has 7 heteroatoms. The van der Waals surface area contributed by atoms with Crippen molar-refractivity contribution in [1.82, 2.24) is 0 Å². The fourth-order valence-corrected chi connectivity index (χ4v) is 12.4. The molecule has 0 aliphatic rings. The van der Waals surface area contributed by atoms with E-state index in [1.165, 1.54) is 25.7 Å². The van der Waals surface area contributed by atoms with Crippen molar-refractivity contribution in [3.63, 3.8) is 0 Å². The van der Waals surface area contributed by atoms with Crippen molar-refractivity contribution in [2.45, 2.75) is 87.9 Å². The van der Waals surface area contributed by atoms with E-state index in [0.717, 1.165) is 25.7 Å². The molecule has 0 aromatic rings. The monoisotopic (exact) mass is 570 g/mol. The van der Waals surface area contributed by atoms with Crippen molar-refractivity contribution >= 4 is 42.2 Å². The Morgan fingerprint density at radius 2 is 1.17 bits per heavy atom. The Morgan fingerprint density at radius 3 is 1.48 bits per heavy atom. The fourth-order valence-electron chi connectivity index (χ4n) is 1.54. The molecule has 0 amide bonds. The molecule has 0 rings (SSSR count). The van der Waals surface area contributed by atoms with E-state index in [9.17, 15) is 9.46 Å². The fraction of sp³-hybridized carbons (Fsp3) is 1.00. The predicted octanol–water partition coefficient (Wildman–Crippen LogP) is 6.10. The van der Waals surface area contributed by atoms with E-state index in [0.29, 0.717) is 0 Å². The van der Waals surface area contributed by atoms with E-state index in [2.05, 4.69) is 41.5 Å². The molecule has 0 N–H and O–H groups in total. The summed E-state index contributed by atoms with van der Waals surface area (Å²) in [7, 11) is -4.00. The molecule has 0 fully saturated rings. The van der Waals surface area contributed by atoms with Crippen LogP contribution in [0.2, 0.25) is 8.87 Å². The van der Waals surface area contributed by atoms with Crippen molar-refractivity contribution in [3.8, 4) is 0 Å². The molecular formula is C16H36IO4PSn. The van der Waals surface area contributed by atoms with Crippen LogP contribution in [-0.4, -0.2) is 29.0 Å². The van der Waals surface area contributed by atoms with E-state index in [4.69, 9.17) is 0 Å². The first-order valence-electron chi connectivity index (χ1n) is 9.03. The molecule has 0 aromatic heterocycles. The Balaban J connectivity index is 0. The molecule has 0 aromatic carbocycles. The summed E-state index contributed by atoms with van der Waals surface area (Å²) in [6.45, 7) is 8.99. The summed E-state index contributed by atoms with van der Waals surface area (Å²) in [6, 6.07) is 0. The van der Waals surface area contributed by atoms with E-state index in [1.807, 2.05) is 13.8 Å². The molecule has 0 heterocycles. The van der Waals surface area contributed by atoms with Gasteiger partial charge in [0.2, 0.25) is 0 Å². The first-order valence-corrected chi connectivity index (χ1v) is 22.8. The van der Waals surface area contributed by atoms with Gasteiger partial charge in [0.05, 0.1) is 13.2 Å². The van der Waals surface area contributed by atoms with Crippen LogP contribution in [0.15, 0.2) is 0 Å². The molecule has 0 unspecified atom stereocenters. The van der Waals surface area contributed by atoms with Gasteiger partial charge in [-0.15, -0.1) is 0 Å². The van der Waals surface area contributed by atoms with Crippen molar-refractivity contribution in [2.75, 3.05) is 13.2 Å². The van der Waals surface area contributed by atoms with Crippen molar-refractivity contribution in [3.05, 3.63) is 0 Å². The van der Waals surface area contributed by atoms with Gasteiger partial charge in [0.1, 0.15) is 0 Å². The summed E-state index contributed by atoms with van der Waals surface area (Å²) in [4.78, 5) is 11.0. The SMILES string of the molecule is CCCCOP(=O)([O-])OCCCC.CCC[CH2][Sn+]([I])[CH2]CCC. The van der Waals surface area contributed by atoms with Crippen LogP contribution < -0.4 is 4.89 Å². The average molecular weight is 569 g/mol. The van der Waals surface area contributed by atoms with Crippen molar-refractivity contribution in [2.24, 2.45) is 0 Å². The normalized spacial score (nSPS) is 11.0. The first kappa shape index (κ1) is 26.9. The number of rotatable bonds is 14. The standard InChI is InChI=1S/C8H19O4P.2C4H9.HI.Sn/c1-3-5-7-11-13(9,10)12-8-6-4-2;2*1-3-4-2;;/h3-8H2,1-2H3,(H,9,10);2*1,3-4H2,2H3;1H;/q;;;;+2/p-2. The third-order valence-corrected chi connectivity index (χ3v) is 16.4. The van der Waals surface area contributed by atoms with Crippen LogP contribution in [0.3, 0.4) is 0 Å². The Kier molecular flexibility index (Phi) is 23.3. The zero-order valence-corrected chi connectivity index (χ0v) is 21.3. The summed E-state index contributed by atoms with van der Waals surface area (Å²) in [5.41, 5.74) is 0. The summed E-state index contributed by atoms with van der Waals surface area (Å²) in [5, 5.41) is 0. The minimum absolute atomic E-state index is 0.226. The summed E-state index contributed by atoms with van der Waals surface area (Å²) in [5.74, 6) is 0. The quantitative estimate of drug-likeness (QED) is 0.110. The van der Waals surface area contributed by atoms with E-state index >= 15 is 0 Å². The van der Waals surface area contributed by atoms with E-state index in [-0.39, 0.29) is 13.2 Å². The van der Waals surface area contributed by atoms with Crippen LogP contribution in [0.4, 0.5) is 0 Å². The second-order valence-corrected chi connectivity index (χ2v) is 23.0. The van der Waals surface area contributed by atoms with Gasteiger partial charge in [0.15, 0.2) is 0 Å². The van der Waals surface area contributed by atoms with Gasteiger partial charge in [-0.3, -0.25) is 4.57 Å². The number of phosphoric acid groups is 1. The molecule has 0 bridgehead atoms. The van der Waals surface area contributed by atoms with Gasteiger partial charge in [-0.2, -0.15) is 0 Å². The van der Waals surface area contributed by atoms with Gasteiger partial charge in [-0.05, 0) is 12.8 Å².